The van der Waals surface area contributed by atoms with Crippen LogP contribution in [0, 0.1) is 12.7 Å². The summed E-state index contributed by atoms with van der Waals surface area (Å²) in [6.45, 7) is 12.5. The Hall–Kier alpha value is -4.72. The standard InChI is InChI=1S/C34H43FN6O7/c1-18-23(16-37-29-28(18)41(11-12-46-29)32(44)48-34(5,6)7)22-13-19-14-25(39-30(42)38-20-9-10-21(15-20)45-8)36-17-24(19)27(26(22)35)40-31(43)47-33(2,3)4/h13-14,16-17,20-21H,9-12,15H2,1-8H3,(H,40,43)(H2,36,38,39,42). The van der Waals surface area contributed by atoms with E-state index in [0.29, 0.717) is 28.6 Å². The zero-order valence-electron chi connectivity index (χ0n) is 28.6. The minimum absolute atomic E-state index is 0.0376. The van der Waals surface area contributed by atoms with E-state index in [0.717, 1.165) is 12.8 Å². The Balaban J connectivity index is 1.56. The molecule has 3 N–H and O–H groups in total. The van der Waals surface area contributed by atoms with Gasteiger partial charge < -0.3 is 24.3 Å². The summed E-state index contributed by atoms with van der Waals surface area (Å²) in [6, 6.07) is 2.69. The topological polar surface area (TPSA) is 153 Å². The molecule has 48 heavy (non-hydrogen) atoms. The van der Waals surface area contributed by atoms with Crippen LogP contribution in [0.15, 0.2) is 24.5 Å². The molecule has 1 aromatic carbocycles. The third-order valence-electron chi connectivity index (χ3n) is 7.88. The molecule has 0 radical (unpaired) electrons. The third kappa shape index (κ3) is 7.87. The zero-order chi connectivity index (χ0) is 35.0. The SMILES string of the molecule is COC1CCC(NC(=O)Nc2cc3cc(-c4cnc5c(c4C)N(C(=O)OC(C)(C)C)CCO5)c(F)c(NC(=O)OC(C)(C)C)c3cn2)C1. The first-order valence-electron chi connectivity index (χ1n) is 15.9. The van der Waals surface area contributed by atoms with Crippen molar-refractivity contribution >= 4 is 46.2 Å². The van der Waals surface area contributed by atoms with Gasteiger partial charge in [0.2, 0.25) is 5.88 Å². The molecule has 2 unspecified atom stereocenters. The molecule has 1 saturated carbocycles. The smallest absolute Gasteiger partial charge is 0.415 e. The molecule has 4 amide bonds. The summed E-state index contributed by atoms with van der Waals surface area (Å²) >= 11 is 0. The number of fused-ring (bicyclic) bond motifs is 2. The van der Waals surface area contributed by atoms with Crippen LogP contribution in [0.3, 0.4) is 0 Å². The van der Waals surface area contributed by atoms with E-state index in [1.807, 2.05) is 0 Å². The molecule has 5 rings (SSSR count). The average molecular weight is 667 g/mol. The number of carbonyl (C=O) groups excluding carboxylic acids is 3. The van der Waals surface area contributed by atoms with Crippen LogP contribution in [0.5, 0.6) is 5.88 Å². The second-order valence-electron chi connectivity index (χ2n) is 13.9. The predicted octanol–water partition coefficient (Wildman–Crippen LogP) is 6.91. The number of ether oxygens (including phenoxy) is 4. The summed E-state index contributed by atoms with van der Waals surface area (Å²) in [7, 11) is 1.65. The maximum Gasteiger partial charge on any atom is 0.415 e. The molecule has 3 aromatic rings. The number of nitrogens with one attached hydrogen (secondary N) is 3. The molecular formula is C34H43FN6O7. The summed E-state index contributed by atoms with van der Waals surface area (Å²) in [5.74, 6) is -0.345. The highest BCUT2D eigenvalue weighted by atomic mass is 19.1. The second kappa shape index (κ2) is 13.4. The van der Waals surface area contributed by atoms with Crippen LogP contribution in [0.25, 0.3) is 21.9 Å². The van der Waals surface area contributed by atoms with Gasteiger partial charge in [0.1, 0.15) is 29.3 Å². The molecule has 2 atom stereocenters. The fourth-order valence-electron chi connectivity index (χ4n) is 5.80. The van der Waals surface area contributed by atoms with Gasteiger partial charge in [-0.15, -0.1) is 0 Å². The van der Waals surface area contributed by atoms with Crippen LogP contribution >= 0.6 is 0 Å². The minimum Gasteiger partial charge on any atom is -0.474 e. The van der Waals surface area contributed by atoms with Gasteiger partial charge in [0.15, 0.2) is 5.82 Å². The van der Waals surface area contributed by atoms with Gasteiger partial charge in [-0.2, -0.15) is 0 Å². The predicted molar refractivity (Wildman–Crippen MR) is 179 cm³/mol. The van der Waals surface area contributed by atoms with Crippen molar-refractivity contribution in [2.24, 2.45) is 0 Å². The average Bonchev–Trinajstić information content (AvgIpc) is 3.44. The Morgan fingerprint density at radius 1 is 0.979 bits per heavy atom. The second-order valence-corrected chi connectivity index (χ2v) is 13.9. The van der Waals surface area contributed by atoms with Gasteiger partial charge in [-0.05, 0) is 90.8 Å². The number of hydrogen-bond acceptors (Lipinski definition) is 9. The molecule has 1 aliphatic carbocycles. The Morgan fingerprint density at radius 3 is 2.38 bits per heavy atom. The lowest BCUT2D eigenvalue weighted by atomic mass is 9.96. The van der Waals surface area contributed by atoms with Crippen LogP contribution in [-0.4, -0.2) is 71.8 Å². The molecule has 1 fully saturated rings. The van der Waals surface area contributed by atoms with Crippen LogP contribution in [0.1, 0.15) is 66.4 Å². The first-order valence-corrected chi connectivity index (χ1v) is 15.9. The van der Waals surface area contributed by atoms with Crippen molar-refractivity contribution in [3.63, 3.8) is 0 Å². The Morgan fingerprint density at radius 2 is 1.71 bits per heavy atom. The minimum atomic E-state index is -0.864. The van der Waals surface area contributed by atoms with Crippen molar-refractivity contribution in [1.29, 1.82) is 0 Å². The zero-order valence-corrected chi connectivity index (χ0v) is 28.6. The lowest BCUT2D eigenvalue weighted by Crippen LogP contribution is -2.42. The van der Waals surface area contributed by atoms with E-state index >= 15 is 4.39 Å². The summed E-state index contributed by atoms with van der Waals surface area (Å²) in [4.78, 5) is 49.1. The summed E-state index contributed by atoms with van der Waals surface area (Å²) in [5.41, 5.74) is -0.485. The first kappa shape index (κ1) is 34.6. The number of rotatable bonds is 5. The van der Waals surface area contributed by atoms with Crippen LogP contribution in [0.2, 0.25) is 0 Å². The fraction of sp³-hybridized carbons (Fsp3) is 0.500. The molecule has 258 valence electrons. The number of anilines is 3. The highest BCUT2D eigenvalue weighted by molar-refractivity contribution is 6.05. The summed E-state index contributed by atoms with van der Waals surface area (Å²) < 4.78 is 38.8. The van der Waals surface area contributed by atoms with Gasteiger partial charge in [0.25, 0.3) is 0 Å². The first-order chi connectivity index (χ1) is 22.5. The number of carbonyl (C=O) groups is 3. The number of halogens is 1. The quantitative estimate of drug-likeness (QED) is 0.264. The number of urea groups is 1. The largest absolute Gasteiger partial charge is 0.474 e. The van der Waals surface area contributed by atoms with Crippen molar-refractivity contribution in [1.82, 2.24) is 15.3 Å². The van der Waals surface area contributed by atoms with Gasteiger partial charge in [-0.3, -0.25) is 15.5 Å². The molecule has 13 nitrogen and oxygen atoms in total. The molecule has 0 bridgehead atoms. The fourth-order valence-corrected chi connectivity index (χ4v) is 5.80. The van der Waals surface area contributed by atoms with Crippen LogP contribution in [0.4, 0.5) is 36.0 Å². The highest BCUT2D eigenvalue weighted by Gasteiger charge is 2.33. The summed E-state index contributed by atoms with van der Waals surface area (Å²) in [5, 5.41) is 8.98. The lowest BCUT2D eigenvalue weighted by molar-refractivity contribution is 0.0564. The lowest BCUT2D eigenvalue weighted by Gasteiger charge is -2.32. The number of benzene rings is 1. The number of nitrogens with zero attached hydrogens (tertiary/aromatic N) is 3. The van der Waals surface area contributed by atoms with Crippen LogP contribution in [-0.2, 0) is 14.2 Å². The van der Waals surface area contributed by atoms with Crippen molar-refractivity contribution in [3.8, 4) is 17.0 Å². The van der Waals surface area contributed by atoms with Gasteiger partial charge in [0, 0.05) is 42.1 Å². The van der Waals surface area contributed by atoms with E-state index in [-0.39, 0.29) is 53.6 Å². The maximum atomic E-state index is 16.6. The van der Waals surface area contributed by atoms with Crippen molar-refractivity contribution in [3.05, 3.63) is 35.9 Å². The normalized spacial score (nSPS) is 17.7. The van der Waals surface area contributed by atoms with E-state index in [2.05, 4.69) is 25.9 Å². The number of aromatic nitrogens is 2. The molecular weight excluding hydrogens is 623 g/mol. The molecule has 2 aliphatic rings. The van der Waals surface area contributed by atoms with Gasteiger partial charge in [-0.1, -0.05) is 0 Å². The van der Waals surface area contributed by atoms with E-state index in [9.17, 15) is 14.4 Å². The molecule has 3 heterocycles. The van der Waals surface area contributed by atoms with Gasteiger partial charge in [0.05, 0.1) is 18.3 Å². The Kier molecular flexibility index (Phi) is 9.67. The number of methoxy groups -OCH3 is 1. The van der Waals surface area contributed by atoms with E-state index in [1.165, 1.54) is 17.3 Å². The van der Waals surface area contributed by atoms with Gasteiger partial charge in [-0.25, -0.2) is 28.7 Å². The molecule has 14 heteroatoms. The Bertz CT molecular complexity index is 1740. The number of pyridine rings is 2. The van der Waals surface area contributed by atoms with Crippen molar-refractivity contribution < 1.29 is 37.7 Å². The van der Waals surface area contributed by atoms with Gasteiger partial charge >= 0.3 is 18.2 Å². The van der Waals surface area contributed by atoms with Crippen LogP contribution < -0.4 is 25.6 Å². The molecule has 0 saturated heterocycles. The number of amides is 4. The van der Waals surface area contributed by atoms with E-state index in [4.69, 9.17) is 18.9 Å². The van der Waals surface area contributed by atoms with E-state index < -0.39 is 35.2 Å². The van der Waals surface area contributed by atoms with E-state index in [1.54, 1.807) is 67.7 Å². The summed E-state index contributed by atoms with van der Waals surface area (Å²) in [6.07, 6.45) is 3.84. The molecule has 0 spiro atoms. The highest BCUT2D eigenvalue weighted by Crippen LogP contribution is 2.42. The number of hydrogen-bond donors (Lipinski definition) is 3. The maximum absolute atomic E-state index is 16.6. The molecule has 1 aliphatic heterocycles. The van der Waals surface area contributed by atoms with Crippen molar-refractivity contribution in [2.75, 3.05) is 35.8 Å². The van der Waals surface area contributed by atoms with Crippen molar-refractivity contribution in [2.45, 2.75) is 91.1 Å². The molecule has 2 aromatic heterocycles. The third-order valence-corrected chi connectivity index (χ3v) is 7.88. The monoisotopic (exact) mass is 666 g/mol. The Labute approximate surface area is 278 Å².